The maximum Gasteiger partial charge on any atom is 0.138 e. The molecule has 1 heterocycles. The first kappa shape index (κ1) is 14.8. The number of nitrogens with two attached hydrogens (primary N) is 1. The van der Waals surface area contributed by atoms with Crippen molar-refractivity contribution in [3.05, 3.63) is 52.3 Å². The molecule has 0 aliphatic rings. The number of nitrogens with zero attached hydrogens (tertiary/aromatic N) is 1. The van der Waals surface area contributed by atoms with Gasteiger partial charge < -0.3 is 15.6 Å². The third-order valence-electron chi connectivity index (χ3n) is 2.77. The second-order valence-corrected chi connectivity index (χ2v) is 5.71. The van der Waals surface area contributed by atoms with Crippen LogP contribution in [-0.2, 0) is 0 Å². The summed E-state index contributed by atoms with van der Waals surface area (Å²) in [4.78, 5) is 4.10. The maximum atomic E-state index is 10.5. The number of pyridine rings is 1. The summed E-state index contributed by atoms with van der Waals surface area (Å²) in [6, 6.07) is 7.17. The number of halogens is 1. The molecule has 0 saturated heterocycles. The normalized spacial score (nSPS) is 12.4. The van der Waals surface area contributed by atoms with Crippen LogP contribution in [0.5, 0.6) is 5.75 Å². The molecular formula is C15H17BrN2O2. The number of ether oxygens (including phenoxy) is 1. The number of hydrogen-bond donors (Lipinski definition) is 2. The lowest BCUT2D eigenvalue weighted by Crippen LogP contribution is -2.08. The van der Waals surface area contributed by atoms with Crippen molar-refractivity contribution in [3.63, 3.8) is 0 Å². The van der Waals surface area contributed by atoms with E-state index in [4.69, 9.17) is 10.5 Å². The molecule has 0 bridgehead atoms. The van der Waals surface area contributed by atoms with Crippen molar-refractivity contribution >= 4 is 21.6 Å². The van der Waals surface area contributed by atoms with E-state index in [0.29, 0.717) is 22.6 Å². The van der Waals surface area contributed by atoms with E-state index in [9.17, 15) is 5.11 Å². The highest BCUT2D eigenvalue weighted by Crippen LogP contribution is 2.30. The molecule has 20 heavy (non-hydrogen) atoms. The minimum Gasteiger partial charge on any atom is -0.489 e. The Morgan fingerprint density at radius 2 is 2.00 bits per heavy atom. The summed E-state index contributed by atoms with van der Waals surface area (Å²) >= 11 is 3.38. The quantitative estimate of drug-likeness (QED) is 0.840. The lowest BCUT2D eigenvalue weighted by atomic mass is 10.0. The van der Waals surface area contributed by atoms with Crippen molar-refractivity contribution in [2.24, 2.45) is 0 Å². The molecule has 0 fully saturated rings. The van der Waals surface area contributed by atoms with Gasteiger partial charge in [0.1, 0.15) is 11.9 Å². The number of nitrogen functional groups attached to an aromatic ring is 1. The van der Waals surface area contributed by atoms with Crippen LogP contribution in [0.25, 0.3) is 0 Å². The van der Waals surface area contributed by atoms with E-state index < -0.39 is 6.10 Å². The molecule has 3 N–H and O–H groups in total. The van der Waals surface area contributed by atoms with Crippen LogP contribution < -0.4 is 10.5 Å². The molecule has 0 amide bonds. The fourth-order valence-corrected chi connectivity index (χ4v) is 2.26. The Morgan fingerprint density at radius 3 is 2.70 bits per heavy atom. The Kier molecular flexibility index (Phi) is 4.62. The molecule has 1 aromatic carbocycles. The Morgan fingerprint density at radius 1 is 1.25 bits per heavy atom. The maximum absolute atomic E-state index is 10.5. The average Bonchev–Trinajstić information content (AvgIpc) is 2.40. The fraction of sp³-hybridized carbons (Fsp3) is 0.267. The van der Waals surface area contributed by atoms with Crippen LogP contribution in [0.3, 0.4) is 0 Å². The van der Waals surface area contributed by atoms with Crippen LogP contribution in [0.4, 0.5) is 5.69 Å². The minimum absolute atomic E-state index is 0.0557. The molecule has 1 unspecified atom stereocenters. The molecular weight excluding hydrogens is 320 g/mol. The first-order chi connectivity index (χ1) is 9.47. The van der Waals surface area contributed by atoms with E-state index in [2.05, 4.69) is 20.9 Å². The molecule has 0 aliphatic heterocycles. The van der Waals surface area contributed by atoms with Gasteiger partial charge in [-0.3, -0.25) is 4.98 Å². The summed E-state index contributed by atoms with van der Waals surface area (Å²) in [7, 11) is 0. The highest BCUT2D eigenvalue weighted by atomic mass is 79.9. The van der Waals surface area contributed by atoms with Gasteiger partial charge in [-0.05, 0) is 38.1 Å². The zero-order valence-electron chi connectivity index (χ0n) is 11.4. The zero-order valence-corrected chi connectivity index (χ0v) is 13.0. The van der Waals surface area contributed by atoms with Gasteiger partial charge >= 0.3 is 0 Å². The van der Waals surface area contributed by atoms with Crippen LogP contribution in [0.2, 0.25) is 0 Å². The Balaban J connectivity index is 2.33. The van der Waals surface area contributed by atoms with E-state index in [-0.39, 0.29) is 6.10 Å². The van der Waals surface area contributed by atoms with E-state index >= 15 is 0 Å². The topological polar surface area (TPSA) is 68.4 Å². The number of anilines is 1. The molecule has 5 heteroatoms. The van der Waals surface area contributed by atoms with Gasteiger partial charge in [0.05, 0.1) is 12.3 Å². The Hall–Kier alpha value is -1.59. The molecule has 0 aliphatic carbocycles. The third kappa shape index (κ3) is 3.49. The van der Waals surface area contributed by atoms with Crippen LogP contribution in [0, 0.1) is 0 Å². The average molecular weight is 337 g/mol. The van der Waals surface area contributed by atoms with Gasteiger partial charge in [-0.25, -0.2) is 0 Å². The Labute approximate surface area is 126 Å². The standard InChI is InChI=1S/C15H17BrN2O2/c1-9(2)20-12-5-10(7-18-8-12)15(19)13-6-11(16)3-4-14(13)17/h3-9,15,19H,17H2,1-2H3. The lowest BCUT2D eigenvalue weighted by molar-refractivity contribution is 0.216. The van der Waals surface area contributed by atoms with Crippen molar-refractivity contribution in [3.8, 4) is 5.75 Å². The molecule has 2 aromatic rings. The van der Waals surface area contributed by atoms with Crippen molar-refractivity contribution < 1.29 is 9.84 Å². The molecule has 4 nitrogen and oxygen atoms in total. The number of benzene rings is 1. The van der Waals surface area contributed by atoms with Gasteiger partial charge in [0.15, 0.2) is 0 Å². The van der Waals surface area contributed by atoms with E-state index in [1.807, 2.05) is 19.9 Å². The van der Waals surface area contributed by atoms with Gasteiger partial charge in [-0.1, -0.05) is 15.9 Å². The fourth-order valence-electron chi connectivity index (χ4n) is 1.88. The number of hydrogen-bond acceptors (Lipinski definition) is 4. The summed E-state index contributed by atoms with van der Waals surface area (Å²) in [5.74, 6) is 0.630. The summed E-state index contributed by atoms with van der Waals surface area (Å²) < 4.78 is 6.44. The van der Waals surface area contributed by atoms with Crippen molar-refractivity contribution in [1.29, 1.82) is 0 Å². The van der Waals surface area contributed by atoms with Gasteiger partial charge in [0, 0.05) is 27.5 Å². The summed E-state index contributed by atoms with van der Waals surface area (Å²) in [5, 5.41) is 10.5. The predicted molar refractivity (Wildman–Crippen MR) is 82.6 cm³/mol. The van der Waals surface area contributed by atoms with Gasteiger partial charge in [-0.2, -0.15) is 0 Å². The van der Waals surface area contributed by atoms with Crippen molar-refractivity contribution in [2.45, 2.75) is 26.1 Å². The molecule has 106 valence electrons. The SMILES string of the molecule is CC(C)Oc1cncc(C(O)c2cc(Br)ccc2N)c1. The van der Waals surface area contributed by atoms with Crippen LogP contribution in [-0.4, -0.2) is 16.2 Å². The number of rotatable bonds is 4. The molecule has 1 aromatic heterocycles. The summed E-state index contributed by atoms with van der Waals surface area (Å²) in [5.41, 5.74) is 7.74. The van der Waals surface area contributed by atoms with Crippen molar-refractivity contribution in [1.82, 2.24) is 4.98 Å². The van der Waals surface area contributed by atoms with Crippen LogP contribution in [0.15, 0.2) is 41.1 Å². The number of aliphatic hydroxyl groups excluding tert-OH is 1. The monoisotopic (exact) mass is 336 g/mol. The van der Waals surface area contributed by atoms with Gasteiger partial charge in [-0.15, -0.1) is 0 Å². The van der Waals surface area contributed by atoms with Gasteiger partial charge in [0.25, 0.3) is 0 Å². The zero-order chi connectivity index (χ0) is 14.7. The second kappa shape index (κ2) is 6.24. The highest BCUT2D eigenvalue weighted by molar-refractivity contribution is 9.10. The third-order valence-corrected chi connectivity index (χ3v) is 3.26. The predicted octanol–water partition coefficient (Wildman–Crippen LogP) is 3.30. The summed E-state index contributed by atoms with van der Waals surface area (Å²) in [6.45, 7) is 3.88. The first-order valence-corrected chi connectivity index (χ1v) is 7.11. The molecule has 0 spiro atoms. The highest BCUT2D eigenvalue weighted by Gasteiger charge is 2.15. The smallest absolute Gasteiger partial charge is 0.138 e. The molecule has 0 radical (unpaired) electrons. The minimum atomic E-state index is -0.837. The van der Waals surface area contributed by atoms with E-state index in [1.165, 1.54) is 0 Å². The van der Waals surface area contributed by atoms with Crippen LogP contribution in [0.1, 0.15) is 31.1 Å². The number of aromatic nitrogens is 1. The van der Waals surface area contributed by atoms with Crippen LogP contribution >= 0.6 is 15.9 Å². The Bertz CT molecular complexity index is 602. The number of aliphatic hydroxyl groups is 1. The summed E-state index contributed by atoms with van der Waals surface area (Å²) in [6.07, 6.45) is 2.45. The van der Waals surface area contributed by atoms with E-state index in [0.717, 1.165) is 4.47 Å². The largest absolute Gasteiger partial charge is 0.489 e. The van der Waals surface area contributed by atoms with E-state index in [1.54, 1.807) is 30.6 Å². The molecule has 2 rings (SSSR count). The molecule has 1 atom stereocenters. The first-order valence-electron chi connectivity index (χ1n) is 6.32. The van der Waals surface area contributed by atoms with Gasteiger partial charge in [0.2, 0.25) is 0 Å². The second-order valence-electron chi connectivity index (χ2n) is 4.80. The van der Waals surface area contributed by atoms with Crippen molar-refractivity contribution in [2.75, 3.05) is 5.73 Å². The molecule has 0 saturated carbocycles. The lowest BCUT2D eigenvalue weighted by Gasteiger charge is -2.16.